The van der Waals surface area contributed by atoms with Crippen LogP contribution >= 0.6 is 0 Å². The number of nitrogens with one attached hydrogen (secondary N) is 2. The molecule has 10 nitrogen and oxygen atoms in total. The number of hydrogen-bond acceptors (Lipinski definition) is 5. The van der Waals surface area contributed by atoms with Crippen LogP contribution in [0.4, 0.5) is 19.3 Å². The summed E-state index contributed by atoms with van der Waals surface area (Å²) in [6.07, 6.45) is -0.529. The number of primary amides is 1. The van der Waals surface area contributed by atoms with Crippen LogP contribution < -0.4 is 11.1 Å². The number of H-pyrrole nitrogens is 1. The van der Waals surface area contributed by atoms with Gasteiger partial charge in [0, 0.05) is 30.5 Å². The Morgan fingerprint density at radius 1 is 1.20 bits per heavy atom. The Labute approximate surface area is 228 Å². The number of anilines is 1. The third-order valence-electron chi connectivity index (χ3n) is 7.53. The molecule has 40 heavy (non-hydrogen) atoms. The minimum absolute atomic E-state index is 0.0332. The third-order valence-corrected chi connectivity index (χ3v) is 7.53. The van der Waals surface area contributed by atoms with Gasteiger partial charge >= 0.3 is 6.09 Å². The Bertz CT molecular complexity index is 1540. The van der Waals surface area contributed by atoms with Gasteiger partial charge in [-0.05, 0) is 30.5 Å². The number of carbonyl (C=O) groups excluding carboxylic acids is 4. The van der Waals surface area contributed by atoms with Crippen LogP contribution in [0.2, 0.25) is 0 Å². The van der Waals surface area contributed by atoms with E-state index in [4.69, 9.17) is 10.5 Å². The zero-order valence-corrected chi connectivity index (χ0v) is 22.2. The highest BCUT2D eigenvalue weighted by atomic mass is 19.1. The number of ether oxygens (including phenoxy) is 1. The van der Waals surface area contributed by atoms with Gasteiger partial charge in [-0.25, -0.2) is 13.6 Å². The van der Waals surface area contributed by atoms with Crippen molar-refractivity contribution in [1.29, 1.82) is 0 Å². The van der Waals surface area contributed by atoms with Crippen LogP contribution in [0.25, 0.3) is 10.9 Å². The van der Waals surface area contributed by atoms with Gasteiger partial charge in [-0.1, -0.05) is 32.0 Å². The van der Waals surface area contributed by atoms with E-state index < -0.39 is 53.1 Å². The van der Waals surface area contributed by atoms with Crippen molar-refractivity contribution >= 4 is 40.4 Å². The molecular formula is C28H29F2N5O5. The number of halogens is 2. The van der Waals surface area contributed by atoms with E-state index in [1.165, 1.54) is 22.9 Å². The standard InChI is InChI=1S/C28H29F2N5O5/c1-14(2)8-22(34(3)25(37)21-11-16-18(30)9-15(29)10-20(16)32-21)26(38)35-13-28(12-23(35)24(31)36)17-6-4-5-7-19(17)33-27(39)40-28/h4-7,9-11,14,22-23,32H,8,12-13H2,1-3H3,(H2,31,36)(H,33,39)/t22-,23-,28-/m0/s1. The number of aromatic amines is 1. The normalized spacial score (nSPS) is 20.8. The minimum atomic E-state index is -1.31. The number of likely N-dealkylation sites (tertiary alicyclic amines) is 1. The van der Waals surface area contributed by atoms with E-state index in [9.17, 15) is 28.0 Å². The first-order valence-corrected chi connectivity index (χ1v) is 12.8. The molecule has 0 unspecified atom stereocenters. The molecule has 2 aliphatic heterocycles. The maximum Gasteiger partial charge on any atom is 0.412 e. The molecule has 2 aliphatic rings. The van der Waals surface area contributed by atoms with Gasteiger partial charge in [0.1, 0.15) is 29.4 Å². The van der Waals surface area contributed by atoms with E-state index in [1.807, 2.05) is 13.8 Å². The number of nitrogens with zero attached hydrogens (tertiary/aromatic N) is 2. The van der Waals surface area contributed by atoms with Gasteiger partial charge in [0.05, 0.1) is 17.7 Å². The van der Waals surface area contributed by atoms with Gasteiger partial charge in [0.15, 0.2) is 5.60 Å². The SMILES string of the molecule is CC(C)C[C@@H](C(=O)N1C[C@]2(C[C@H]1C(N)=O)OC(=O)Nc1ccccc12)N(C)C(=O)c1cc2c(F)cc(F)cc2[nH]1. The maximum atomic E-state index is 14.3. The maximum absolute atomic E-state index is 14.3. The van der Waals surface area contributed by atoms with Crippen molar-refractivity contribution in [1.82, 2.24) is 14.8 Å². The van der Waals surface area contributed by atoms with Crippen molar-refractivity contribution in [3.05, 3.63) is 65.4 Å². The lowest BCUT2D eigenvalue weighted by atomic mass is 9.88. The number of benzene rings is 2. The quantitative estimate of drug-likeness (QED) is 0.429. The van der Waals surface area contributed by atoms with Gasteiger partial charge < -0.3 is 25.3 Å². The van der Waals surface area contributed by atoms with Crippen molar-refractivity contribution < 1.29 is 32.7 Å². The zero-order chi connectivity index (χ0) is 28.9. The molecule has 0 bridgehead atoms. The summed E-state index contributed by atoms with van der Waals surface area (Å²) in [6, 6.07) is 7.87. The Kier molecular flexibility index (Phi) is 6.72. The average molecular weight is 554 g/mol. The number of hydrogen-bond donors (Lipinski definition) is 3. The van der Waals surface area contributed by atoms with Gasteiger partial charge in [0.2, 0.25) is 11.8 Å². The van der Waals surface area contributed by atoms with Crippen LogP contribution in [0, 0.1) is 17.6 Å². The first-order valence-electron chi connectivity index (χ1n) is 12.8. The number of amides is 4. The summed E-state index contributed by atoms with van der Waals surface area (Å²) in [4.78, 5) is 57.9. The summed E-state index contributed by atoms with van der Waals surface area (Å²) in [7, 11) is 1.43. The average Bonchev–Trinajstić information content (AvgIpc) is 3.49. The predicted molar refractivity (Wildman–Crippen MR) is 141 cm³/mol. The van der Waals surface area contributed by atoms with E-state index in [2.05, 4.69) is 10.3 Å². The van der Waals surface area contributed by atoms with Gasteiger partial charge in [-0.3, -0.25) is 19.7 Å². The number of aromatic nitrogens is 1. The smallest absolute Gasteiger partial charge is 0.412 e. The number of carbonyl (C=O) groups is 4. The fourth-order valence-electron chi connectivity index (χ4n) is 5.65. The molecule has 210 valence electrons. The van der Waals surface area contributed by atoms with E-state index in [0.29, 0.717) is 11.3 Å². The van der Waals surface area contributed by atoms with E-state index in [-0.39, 0.29) is 41.9 Å². The fraction of sp³-hybridized carbons (Fsp3) is 0.357. The Hall–Kier alpha value is -4.48. The van der Waals surface area contributed by atoms with Crippen LogP contribution in [0.3, 0.4) is 0 Å². The highest BCUT2D eigenvalue weighted by molar-refractivity contribution is 6.01. The number of rotatable bonds is 6. The molecule has 1 saturated heterocycles. The molecule has 1 spiro atoms. The van der Waals surface area contributed by atoms with E-state index in [0.717, 1.165) is 12.1 Å². The number of likely N-dealkylation sites (N-methyl/N-ethyl adjacent to an activating group) is 1. The van der Waals surface area contributed by atoms with Crippen LogP contribution in [-0.2, 0) is 19.9 Å². The number of nitrogens with two attached hydrogens (primary N) is 1. The zero-order valence-electron chi connectivity index (χ0n) is 22.2. The monoisotopic (exact) mass is 553 g/mol. The molecule has 0 radical (unpaired) electrons. The summed E-state index contributed by atoms with van der Waals surface area (Å²) < 4.78 is 33.7. The fourth-order valence-corrected chi connectivity index (χ4v) is 5.65. The summed E-state index contributed by atoms with van der Waals surface area (Å²) in [5, 5.41) is 2.66. The first-order chi connectivity index (χ1) is 18.9. The Balaban J connectivity index is 1.49. The Morgan fingerprint density at radius 2 is 1.93 bits per heavy atom. The second-order valence-corrected chi connectivity index (χ2v) is 10.7. The lowest BCUT2D eigenvalue weighted by Crippen LogP contribution is -2.54. The first kappa shape index (κ1) is 27.1. The minimum Gasteiger partial charge on any atom is -0.436 e. The Morgan fingerprint density at radius 3 is 2.62 bits per heavy atom. The summed E-state index contributed by atoms with van der Waals surface area (Å²) in [5.74, 6) is -3.62. The molecule has 3 aromatic rings. The molecule has 4 N–H and O–H groups in total. The van der Waals surface area contributed by atoms with Crippen molar-refractivity contribution in [2.24, 2.45) is 11.7 Å². The van der Waals surface area contributed by atoms with Crippen molar-refractivity contribution in [3.63, 3.8) is 0 Å². The van der Waals surface area contributed by atoms with Crippen LogP contribution in [0.15, 0.2) is 42.5 Å². The van der Waals surface area contributed by atoms with Crippen molar-refractivity contribution in [3.8, 4) is 0 Å². The summed E-state index contributed by atoms with van der Waals surface area (Å²) >= 11 is 0. The molecule has 1 aromatic heterocycles. The van der Waals surface area contributed by atoms with E-state index in [1.54, 1.807) is 24.3 Å². The lowest BCUT2D eigenvalue weighted by molar-refractivity contribution is -0.141. The van der Waals surface area contributed by atoms with Crippen LogP contribution in [-0.4, -0.2) is 64.3 Å². The van der Waals surface area contributed by atoms with Crippen molar-refractivity contribution in [2.45, 2.75) is 44.4 Å². The largest absolute Gasteiger partial charge is 0.436 e. The van der Waals surface area contributed by atoms with Crippen LogP contribution in [0.1, 0.15) is 42.7 Å². The van der Waals surface area contributed by atoms with Gasteiger partial charge in [0.25, 0.3) is 5.91 Å². The molecular weight excluding hydrogens is 524 g/mol. The molecule has 1 fully saturated rings. The predicted octanol–water partition coefficient (Wildman–Crippen LogP) is 3.48. The number of para-hydroxylation sites is 1. The van der Waals surface area contributed by atoms with E-state index >= 15 is 0 Å². The topological polar surface area (TPSA) is 138 Å². The second-order valence-electron chi connectivity index (χ2n) is 10.7. The number of fused-ring (bicyclic) bond motifs is 3. The molecule has 0 aliphatic carbocycles. The molecule has 3 atom stereocenters. The van der Waals surface area contributed by atoms with Gasteiger partial charge in [-0.15, -0.1) is 0 Å². The van der Waals surface area contributed by atoms with Gasteiger partial charge in [-0.2, -0.15) is 0 Å². The lowest BCUT2D eigenvalue weighted by Gasteiger charge is -2.36. The highest BCUT2D eigenvalue weighted by Gasteiger charge is 2.55. The van der Waals surface area contributed by atoms with Crippen molar-refractivity contribution in [2.75, 3.05) is 18.9 Å². The molecule has 3 heterocycles. The molecule has 2 aromatic carbocycles. The molecule has 4 amide bonds. The summed E-state index contributed by atoms with van der Waals surface area (Å²) in [6.45, 7) is 3.61. The summed E-state index contributed by atoms with van der Waals surface area (Å²) in [5.41, 5.74) is 5.60. The second kappa shape index (κ2) is 9.92. The molecule has 0 saturated carbocycles. The molecule has 12 heteroatoms. The third kappa shape index (κ3) is 4.63. The van der Waals surface area contributed by atoms with Crippen LogP contribution in [0.5, 0.6) is 0 Å². The molecule has 5 rings (SSSR count). The highest BCUT2D eigenvalue weighted by Crippen LogP contribution is 2.45.